The standard InChI is InChI=1S/C27H34O9/c1-13(2)26(28)36-25-16-11-17(30-5)21(31-6)24(33-8)20(16)19-15(9-14(3)27(25,4)29)10-18-22(23(19)32-7)35-12-34-18/h10-11,13-14,25,29H,9,12H2,1-8H3/t14-,25+,27+/m0/s1. The third kappa shape index (κ3) is 3.95. The molecule has 1 aliphatic carbocycles. The number of ether oxygens (including phenoxy) is 7. The third-order valence-corrected chi connectivity index (χ3v) is 7.06. The Morgan fingerprint density at radius 2 is 1.67 bits per heavy atom. The predicted molar refractivity (Wildman–Crippen MR) is 131 cm³/mol. The van der Waals surface area contributed by atoms with E-state index in [1.807, 2.05) is 13.0 Å². The van der Waals surface area contributed by atoms with Crippen molar-refractivity contribution in [3.63, 3.8) is 0 Å². The highest BCUT2D eigenvalue weighted by molar-refractivity contribution is 5.89. The van der Waals surface area contributed by atoms with Crippen LogP contribution in [0.2, 0.25) is 0 Å². The zero-order valence-electron chi connectivity index (χ0n) is 22.0. The molecular weight excluding hydrogens is 468 g/mol. The molecule has 0 amide bonds. The maximum atomic E-state index is 12.9. The second-order valence-electron chi connectivity index (χ2n) is 9.59. The second kappa shape index (κ2) is 9.61. The summed E-state index contributed by atoms with van der Waals surface area (Å²) in [5, 5.41) is 11.9. The van der Waals surface area contributed by atoms with Crippen LogP contribution >= 0.6 is 0 Å². The molecule has 0 saturated carbocycles. The fourth-order valence-electron chi connectivity index (χ4n) is 4.88. The van der Waals surface area contributed by atoms with Crippen molar-refractivity contribution < 1.29 is 43.1 Å². The summed E-state index contributed by atoms with van der Waals surface area (Å²) in [6, 6.07) is 3.61. The first-order chi connectivity index (χ1) is 17.1. The quantitative estimate of drug-likeness (QED) is 0.579. The van der Waals surface area contributed by atoms with E-state index in [0.717, 1.165) is 5.56 Å². The first kappa shape index (κ1) is 25.8. The van der Waals surface area contributed by atoms with Gasteiger partial charge in [0, 0.05) is 16.7 Å². The van der Waals surface area contributed by atoms with E-state index in [2.05, 4.69) is 0 Å². The predicted octanol–water partition coefficient (Wildman–Crippen LogP) is 4.30. The van der Waals surface area contributed by atoms with Gasteiger partial charge in [-0.15, -0.1) is 0 Å². The van der Waals surface area contributed by atoms with Crippen LogP contribution in [-0.4, -0.2) is 51.9 Å². The van der Waals surface area contributed by atoms with E-state index in [4.69, 9.17) is 33.2 Å². The van der Waals surface area contributed by atoms with Gasteiger partial charge in [0.1, 0.15) is 5.60 Å². The molecule has 0 unspecified atom stereocenters. The molecular formula is C27H34O9. The van der Waals surface area contributed by atoms with Gasteiger partial charge in [-0.05, 0) is 37.0 Å². The molecule has 2 aromatic carbocycles. The minimum Gasteiger partial charge on any atom is -0.493 e. The summed E-state index contributed by atoms with van der Waals surface area (Å²) in [4.78, 5) is 12.9. The molecule has 0 radical (unpaired) electrons. The average Bonchev–Trinajstić information content (AvgIpc) is 3.32. The highest BCUT2D eigenvalue weighted by Crippen LogP contribution is 2.59. The van der Waals surface area contributed by atoms with Gasteiger partial charge in [-0.1, -0.05) is 20.8 Å². The molecule has 1 heterocycles. The lowest BCUT2D eigenvalue weighted by atomic mass is 9.73. The number of carbonyl (C=O) groups excluding carboxylic acids is 1. The molecule has 0 saturated heterocycles. The summed E-state index contributed by atoms with van der Waals surface area (Å²) in [7, 11) is 6.10. The van der Waals surface area contributed by atoms with Crippen LogP contribution in [-0.2, 0) is 16.0 Å². The summed E-state index contributed by atoms with van der Waals surface area (Å²) in [5.41, 5.74) is 1.12. The van der Waals surface area contributed by atoms with Gasteiger partial charge in [-0.2, -0.15) is 0 Å². The lowest BCUT2D eigenvalue weighted by Gasteiger charge is -2.41. The molecule has 3 atom stereocenters. The maximum absolute atomic E-state index is 12.9. The molecule has 0 aromatic heterocycles. The number of hydrogen-bond donors (Lipinski definition) is 1. The fourth-order valence-corrected chi connectivity index (χ4v) is 4.88. The van der Waals surface area contributed by atoms with Gasteiger partial charge in [0.25, 0.3) is 0 Å². The van der Waals surface area contributed by atoms with E-state index >= 15 is 0 Å². The lowest BCUT2D eigenvalue weighted by molar-refractivity contribution is -0.174. The monoisotopic (exact) mass is 502 g/mol. The highest BCUT2D eigenvalue weighted by atomic mass is 16.7. The Labute approximate surface area is 211 Å². The lowest BCUT2D eigenvalue weighted by Crippen LogP contribution is -2.44. The topological polar surface area (TPSA) is 102 Å². The normalized spacial score (nSPS) is 22.2. The summed E-state index contributed by atoms with van der Waals surface area (Å²) >= 11 is 0. The molecule has 9 nitrogen and oxygen atoms in total. The van der Waals surface area contributed by atoms with E-state index in [-0.39, 0.29) is 12.7 Å². The van der Waals surface area contributed by atoms with Crippen LogP contribution in [0.5, 0.6) is 34.5 Å². The van der Waals surface area contributed by atoms with Crippen LogP contribution in [0.4, 0.5) is 0 Å². The van der Waals surface area contributed by atoms with Crippen molar-refractivity contribution in [2.75, 3.05) is 35.2 Å². The van der Waals surface area contributed by atoms with Crippen molar-refractivity contribution >= 4 is 5.97 Å². The Morgan fingerprint density at radius 1 is 1.00 bits per heavy atom. The van der Waals surface area contributed by atoms with Gasteiger partial charge in [-0.3, -0.25) is 4.79 Å². The second-order valence-corrected chi connectivity index (χ2v) is 9.59. The van der Waals surface area contributed by atoms with E-state index in [0.29, 0.717) is 57.6 Å². The van der Waals surface area contributed by atoms with Crippen LogP contribution in [0.25, 0.3) is 11.1 Å². The molecule has 1 aliphatic heterocycles. The minimum atomic E-state index is -1.45. The summed E-state index contributed by atoms with van der Waals surface area (Å²) < 4.78 is 40.5. The Kier molecular flexibility index (Phi) is 6.88. The Balaban J connectivity index is 2.17. The van der Waals surface area contributed by atoms with E-state index in [1.165, 1.54) is 21.3 Å². The molecule has 2 aromatic rings. The van der Waals surface area contributed by atoms with Crippen LogP contribution in [0.15, 0.2) is 12.1 Å². The molecule has 0 spiro atoms. The van der Waals surface area contributed by atoms with E-state index < -0.39 is 23.6 Å². The molecule has 0 fully saturated rings. The Morgan fingerprint density at radius 3 is 2.25 bits per heavy atom. The van der Waals surface area contributed by atoms with Gasteiger partial charge in [0.2, 0.25) is 18.3 Å². The molecule has 196 valence electrons. The number of esters is 1. The Hall–Kier alpha value is -3.33. The first-order valence-corrected chi connectivity index (χ1v) is 11.9. The first-order valence-electron chi connectivity index (χ1n) is 11.9. The van der Waals surface area contributed by atoms with Crippen LogP contribution in [0, 0.1) is 11.8 Å². The van der Waals surface area contributed by atoms with Crippen LogP contribution < -0.4 is 28.4 Å². The number of carbonyl (C=O) groups is 1. The van der Waals surface area contributed by atoms with Gasteiger partial charge in [0.05, 0.1) is 34.4 Å². The van der Waals surface area contributed by atoms with Crippen LogP contribution in [0.1, 0.15) is 44.9 Å². The average molecular weight is 503 g/mol. The zero-order chi connectivity index (χ0) is 26.4. The van der Waals surface area contributed by atoms with Gasteiger partial charge >= 0.3 is 5.97 Å². The molecule has 4 rings (SSSR count). The smallest absolute Gasteiger partial charge is 0.309 e. The SMILES string of the molecule is COc1cc2c(c(OC)c1OC)-c1c(cc3c(c1OC)OCO3)C[C@H](C)[C@@](C)(O)[C@@H]2OC(=O)C(C)C. The number of fused-ring (bicyclic) bond motifs is 4. The van der Waals surface area contributed by atoms with Gasteiger partial charge in [-0.25, -0.2) is 0 Å². The largest absolute Gasteiger partial charge is 0.493 e. The van der Waals surface area contributed by atoms with Crippen molar-refractivity contribution in [3.05, 3.63) is 23.3 Å². The van der Waals surface area contributed by atoms with Crippen molar-refractivity contribution in [3.8, 4) is 45.6 Å². The number of rotatable bonds is 6. The number of benzene rings is 2. The summed E-state index contributed by atoms with van der Waals surface area (Å²) in [6.45, 7) is 7.15. The highest BCUT2D eigenvalue weighted by Gasteiger charge is 2.47. The molecule has 2 aliphatic rings. The molecule has 1 N–H and O–H groups in total. The van der Waals surface area contributed by atoms with Crippen molar-refractivity contribution in [1.82, 2.24) is 0 Å². The number of aliphatic hydroxyl groups is 1. The van der Waals surface area contributed by atoms with Gasteiger partial charge in [0.15, 0.2) is 29.1 Å². The molecule has 9 heteroatoms. The van der Waals surface area contributed by atoms with E-state index in [9.17, 15) is 9.90 Å². The maximum Gasteiger partial charge on any atom is 0.309 e. The van der Waals surface area contributed by atoms with Gasteiger partial charge < -0.3 is 38.3 Å². The summed E-state index contributed by atoms with van der Waals surface area (Å²) in [6.07, 6.45) is -0.614. The van der Waals surface area contributed by atoms with Crippen LogP contribution in [0.3, 0.4) is 0 Å². The van der Waals surface area contributed by atoms with Crippen molar-refractivity contribution in [1.29, 1.82) is 0 Å². The molecule has 0 bridgehead atoms. The Bertz CT molecular complexity index is 1170. The number of methoxy groups -OCH3 is 4. The summed E-state index contributed by atoms with van der Waals surface area (Å²) in [5.74, 6) is 1.37. The fraction of sp³-hybridized carbons (Fsp3) is 0.519. The third-order valence-electron chi connectivity index (χ3n) is 7.06. The van der Waals surface area contributed by atoms with E-state index in [1.54, 1.807) is 33.9 Å². The molecule has 36 heavy (non-hydrogen) atoms. The number of hydrogen-bond acceptors (Lipinski definition) is 9. The van der Waals surface area contributed by atoms with Crippen molar-refractivity contribution in [2.45, 2.75) is 45.8 Å². The zero-order valence-corrected chi connectivity index (χ0v) is 22.0. The van der Waals surface area contributed by atoms with Crippen molar-refractivity contribution in [2.24, 2.45) is 11.8 Å². The minimum absolute atomic E-state index is 0.0619.